The Morgan fingerprint density at radius 1 is 0.510 bits per heavy atom. The van der Waals surface area contributed by atoms with Gasteiger partial charge in [0, 0.05) is 33.2 Å². The Balaban J connectivity index is 1.34. The first kappa shape index (κ1) is 30.6. The molecule has 2 aromatic heterocycles. The third-order valence-corrected chi connectivity index (χ3v) is 9.62. The van der Waals surface area contributed by atoms with Crippen molar-refractivity contribution in [2.24, 2.45) is 4.99 Å². The van der Waals surface area contributed by atoms with Gasteiger partial charge >= 0.3 is 0 Å². The number of nitrogens with zero attached hydrogens (tertiary/aromatic N) is 4. The molecule has 51 heavy (non-hydrogen) atoms. The summed E-state index contributed by atoms with van der Waals surface area (Å²) in [5, 5.41) is 2.15. The van der Waals surface area contributed by atoms with Crippen LogP contribution in [-0.4, -0.2) is 26.7 Å². The number of dihydropyridines is 1. The molecule has 0 saturated carbocycles. The van der Waals surface area contributed by atoms with Gasteiger partial charge in [0.05, 0.1) is 6.04 Å². The fourth-order valence-corrected chi connectivity index (χ4v) is 7.12. The van der Waals surface area contributed by atoms with E-state index in [0.717, 1.165) is 84.2 Å². The maximum atomic E-state index is 6.31. The highest BCUT2D eigenvalue weighted by atomic mass is 16.3. The molecule has 1 aliphatic heterocycles. The van der Waals surface area contributed by atoms with Crippen molar-refractivity contribution in [2.45, 2.75) is 26.3 Å². The fraction of sp³-hybridized carbons (Fsp3) is 0.0870. The molecule has 0 saturated heterocycles. The van der Waals surface area contributed by atoms with Crippen molar-refractivity contribution in [3.05, 3.63) is 157 Å². The number of allylic oxidation sites excluding steroid dienone is 1. The Labute approximate surface area is 296 Å². The molecule has 0 amide bonds. The van der Waals surface area contributed by atoms with E-state index in [1.807, 2.05) is 43.3 Å². The molecule has 3 heterocycles. The largest absolute Gasteiger partial charge is 0.456 e. The van der Waals surface area contributed by atoms with E-state index in [2.05, 4.69) is 122 Å². The summed E-state index contributed by atoms with van der Waals surface area (Å²) in [7, 11) is 0. The zero-order valence-electron chi connectivity index (χ0n) is 28.4. The molecule has 5 heteroatoms. The molecule has 8 aromatic rings. The third-order valence-electron chi connectivity index (χ3n) is 9.62. The Bertz CT molecular complexity index is 2560. The number of hydrogen-bond donors (Lipinski definition) is 0. The summed E-state index contributed by atoms with van der Waals surface area (Å²) >= 11 is 0. The Hall–Kier alpha value is -6.46. The van der Waals surface area contributed by atoms with E-state index in [4.69, 9.17) is 24.4 Å². The standard InChI is InChI=1S/C46H34N4O/c1-29-22-24-36(30(2)47-29)45-48-44(34-23-25-38-37-20-12-13-21-41(37)51-42(38)28-34)49-46(50-45)43-39(32-16-8-4-9-17-32)26-35(31-14-6-3-7-15-31)27-40(43)33-18-10-5-11-19-33/h3-21,23-29H,22H2,1-2H3. The second-order valence-corrected chi connectivity index (χ2v) is 13.1. The number of hydrogen-bond acceptors (Lipinski definition) is 5. The molecule has 5 nitrogen and oxygen atoms in total. The topological polar surface area (TPSA) is 64.2 Å². The molecule has 0 bridgehead atoms. The monoisotopic (exact) mass is 658 g/mol. The van der Waals surface area contributed by atoms with Gasteiger partial charge in [-0.15, -0.1) is 0 Å². The van der Waals surface area contributed by atoms with Crippen molar-refractivity contribution in [1.82, 2.24) is 15.0 Å². The maximum absolute atomic E-state index is 6.31. The Morgan fingerprint density at radius 2 is 1.08 bits per heavy atom. The SMILES string of the molecule is CC1=NC(C)CC=C1c1nc(-c2ccc3c(c2)oc2ccccc23)nc(-c2c(-c3ccccc3)cc(-c3ccccc3)cc2-c2ccccc2)n1. The summed E-state index contributed by atoms with van der Waals surface area (Å²) in [6.45, 7) is 4.18. The molecule has 0 radical (unpaired) electrons. The number of para-hydroxylation sites is 1. The van der Waals surface area contributed by atoms with Crippen LogP contribution in [0.5, 0.6) is 0 Å². The first-order valence-electron chi connectivity index (χ1n) is 17.4. The van der Waals surface area contributed by atoms with E-state index in [-0.39, 0.29) is 6.04 Å². The summed E-state index contributed by atoms with van der Waals surface area (Å²) in [6, 6.07) is 50.7. The van der Waals surface area contributed by atoms with Gasteiger partial charge < -0.3 is 4.42 Å². The first-order valence-corrected chi connectivity index (χ1v) is 17.4. The number of aromatic nitrogens is 3. The van der Waals surface area contributed by atoms with E-state index >= 15 is 0 Å². The minimum atomic E-state index is 0.213. The average Bonchev–Trinajstić information content (AvgIpc) is 3.56. The highest BCUT2D eigenvalue weighted by Gasteiger charge is 2.24. The van der Waals surface area contributed by atoms with Crippen LogP contribution in [0, 0.1) is 0 Å². The first-order chi connectivity index (χ1) is 25.1. The quantitative estimate of drug-likeness (QED) is 0.178. The molecule has 244 valence electrons. The normalized spacial score (nSPS) is 14.4. The van der Waals surface area contributed by atoms with Crippen LogP contribution in [0.2, 0.25) is 0 Å². The minimum Gasteiger partial charge on any atom is -0.456 e. The molecule has 1 aliphatic rings. The molecular formula is C46H34N4O. The van der Waals surface area contributed by atoms with Gasteiger partial charge in [-0.1, -0.05) is 121 Å². The lowest BCUT2D eigenvalue weighted by Crippen LogP contribution is -2.13. The van der Waals surface area contributed by atoms with Crippen molar-refractivity contribution in [3.63, 3.8) is 0 Å². The second-order valence-electron chi connectivity index (χ2n) is 13.1. The summed E-state index contributed by atoms with van der Waals surface area (Å²) < 4.78 is 6.31. The van der Waals surface area contributed by atoms with Crippen molar-refractivity contribution < 1.29 is 4.42 Å². The Kier molecular flexibility index (Phi) is 7.66. The van der Waals surface area contributed by atoms with Crippen molar-refractivity contribution in [2.75, 3.05) is 0 Å². The molecule has 0 spiro atoms. The number of rotatable bonds is 6. The smallest absolute Gasteiger partial charge is 0.165 e. The number of benzene rings is 6. The summed E-state index contributed by atoms with van der Waals surface area (Å²) in [5.74, 6) is 1.79. The molecule has 6 aromatic carbocycles. The highest BCUT2D eigenvalue weighted by molar-refractivity contribution is 6.22. The molecule has 1 unspecified atom stereocenters. The second kappa shape index (κ2) is 12.8. The maximum Gasteiger partial charge on any atom is 0.165 e. The van der Waals surface area contributed by atoms with E-state index in [9.17, 15) is 0 Å². The summed E-state index contributed by atoms with van der Waals surface area (Å²) in [4.78, 5) is 20.7. The molecule has 9 rings (SSSR count). The molecule has 0 N–H and O–H groups in total. The van der Waals surface area contributed by atoms with E-state index < -0.39 is 0 Å². The van der Waals surface area contributed by atoms with Gasteiger partial charge in [-0.05, 0) is 84.0 Å². The number of aliphatic imine (C=N–C) groups is 1. The van der Waals surface area contributed by atoms with Crippen LogP contribution in [0.1, 0.15) is 26.1 Å². The van der Waals surface area contributed by atoms with Gasteiger partial charge in [0.15, 0.2) is 17.5 Å². The van der Waals surface area contributed by atoms with E-state index in [0.29, 0.717) is 17.5 Å². The van der Waals surface area contributed by atoms with Gasteiger partial charge in [0.25, 0.3) is 0 Å². The summed E-state index contributed by atoms with van der Waals surface area (Å²) in [5.41, 5.74) is 11.8. The van der Waals surface area contributed by atoms with Crippen LogP contribution in [-0.2, 0) is 0 Å². The summed E-state index contributed by atoms with van der Waals surface area (Å²) in [6.07, 6.45) is 3.04. The van der Waals surface area contributed by atoms with Crippen LogP contribution >= 0.6 is 0 Å². The van der Waals surface area contributed by atoms with Crippen LogP contribution < -0.4 is 0 Å². The molecular weight excluding hydrogens is 625 g/mol. The lowest BCUT2D eigenvalue weighted by Gasteiger charge is -2.20. The highest BCUT2D eigenvalue weighted by Crippen LogP contribution is 2.43. The lowest BCUT2D eigenvalue weighted by atomic mass is 9.87. The third kappa shape index (κ3) is 5.73. The lowest BCUT2D eigenvalue weighted by molar-refractivity contribution is 0.669. The van der Waals surface area contributed by atoms with Gasteiger partial charge in [-0.25, -0.2) is 15.0 Å². The predicted octanol–water partition coefficient (Wildman–Crippen LogP) is 11.7. The van der Waals surface area contributed by atoms with Gasteiger partial charge in [0.1, 0.15) is 11.2 Å². The van der Waals surface area contributed by atoms with Crippen LogP contribution in [0.15, 0.2) is 161 Å². The average molecular weight is 659 g/mol. The fourth-order valence-electron chi connectivity index (χ4n) is 7.12. The molecule has 1 atom stereocenters. The molecule has 0 aliphatic carbocycles. The van der Waals surface area contributed by atoms with Gasteiger partial charge in [0.2, 0.25) is 0 Å². The molecule has 0 fully saturated rings. The number of fused-ring (bicyclic) bond motifs is 3. The van der Waals surface area contributed by atoms with Crippen molar-refractivity contribution in [3.8, 4) is 56.2 Å². The van der Waals surface area contributed by atoms with Gasteiger partial charge in [-0.2, -0.15) is 0 Å². The van der Waals surface area contributed by atoms with Crippen molar-refractivity contribution in [1.29, 1.82) is 0 Å². The van der Waals surface area contributed by atoms with E-state index in [1.165, 1.54) is 0 Å². The minimum absolute atomic E-state index is 0.213. The van der Waals surface area contributed by atoms with Crippen LogP contribution in [0.3, 0.4) is 0 Å². The van der Waals surface area contributed by atoms with Crippen molar-refractivity contribution >= 4 is 33.2 Å². The Morgan fingerprint density at radius 3 is 1.75 bits per heavy atom. The zero-order chi connectivity index (χ0) is 34.3. The van der Waals surface area contributed by atoms with E-state index in [1.54, 1.807) is 0 Å². The predicted molar refractivity (Wildman–Crippen MR) is 209 cm³/mol. The van der Waals surface area contributed by atoms with Crippen LogP contribution in [0.4, 0.5) is 0 Å². The zero-order valence-corrected chi connectivity index (χ0v) is 28.4. The number of furan rings is 1. The van der Waals surface area contributed by atoms with Gasteiger partial charge in [-0.3, -0.25) is 4.99 Å². The van der Waals surface area contributed by atoms with Crippen LogP contribution in [0.25, 0.3) is 83.7 Å².